The van der Waals surface area contributed by atoms with Crippen molar-refractivity contribution < 1.29 is 17.9 Å². The summed E-state index contributed by atoms with van der Waals surface area (Å²) in [6.07, 6.45) is -3.44. The van der Waals surface area contributed by atoms with Gasteiger partial charge in [0, 0.05) is 12.5 Å². The molecule has 1 aliphatic rings. The maximum absolute atomic E-state index is 12.3. The van der Waals surface area contributed by atoms with Crippen LogP contribution in [0.1, 0.15) is 17.5 Å². The van der Waals surface area contributed by atoms with Gasteiger partial charge in [0.1, 0.15) is 0 Å². The molecule has 1 fully saturated rings. The van der Waals surface area contributed by atoms with Gasteiger partial charge in [0.2, 0.25) is 0 Å². The fraction of sp³-hybridized carbons (Fsp3) is 0.364. The van der Waals surface area contributed by atoms with Crippen LogP contribution in [0.4, 0.5) is 13.2 Å². The Labute approximate surface area is 85.9 Å². The van der Waals surface area contributed by atoms with Gasteiger partial charge in [-0.05, 0) is 24.1 Å². The minimum Gasteiger partial charge on any atom is -0.380 e. The molecule has 4 heteroatoms. The zero-order valence-electron chi connectivity index (χ0n) is 7.97. The van der Waals surface area contributed by atoms with Gasteiger partial charge in [-0.2, -0.15) is 13.2 Å². The summed E-state index contributed by atoms with van der Waals surface area (Å²) < 4.78 is 41.9. The standard InChI is InChI=1S/C11H10F3O/c12-11(13,14)10-3-1-8(2-4-10)9-5-6-15-7-9/h1-4H,5-7H2. The molecule has 0 atom stereocenters. The van der Waals surface area contributed by atoms with E-state index in [0.29, 0.717) is 13.2 Å². The van der Waals surface area contributed by atoms with Gasteiger partial charge in [-0.15, -0.1) is 0 Å². The molecule has 0 amide bonds. The van der Waals surface area contributed by atoms with Crippen molar-refractivity contribution in [3.05, 3.63) is 41.3 Å². The highest BCUT2D eigenvalue weighted by atomic mass is 19.4. The Bertz CT molecular complexity index is 323. The highest BCUT2D eigenvalue weighted by molar-refractivity contribution is 5.35. The summed E-state index contributed by atoms with van der Waals surface area (Å²) in [6.45, 7) is 1.20. The molecular formula is C11H10F3O. The summed E-state index contributed by atoms with van der Waals surface area (Å²) in [5.74, 6) is 1.07. The molecule has 1 aromatic carbocycles. The van der Waals surface area contributed by atoms with E-state index in [-0.39, 0.29) is 0 Å². The molecule has 0 saturated carbocycles. The second-order valence-corrected chi connectivity index (χ2v) is 3.48. The Morgan fingerprint density at radius 2 is 1.73 bits per heavy atom. The highest BCUT2D eigenvalue weighted by Gasteiger charge is 2.30. The summed E-state index contributed by atoms with van der Waals surface area (Å²) in [4.78, 5) is 0. The van der Waals surface area contributed by atoms with Crippen molar-refractivity contribution in [2.45, 2.75) is 12.6 Å². The molecule has 1 saturated heterocycles. The monoisotopic (exact) mass is 215 g/mol. The molecule has 0 spiro atoms. The van der Waals surface area contributed by atoms with Gasteiger partial charge in [-0.25, -0.2) is 0 Å². The second-order valence-electron chi connectivity index (χ2n) is 3.48. The Morgan fingerprint density at radius 1 is 1.07 bits per heavy atom. The van der Waals surface area contributed by atoms with E-state index in [0.717, 1.165) is 30.0 Å². The summed E-state index contributed by atoms with van der Waals surface area (Å²) in [6, 6.07) is 5.24. The van der Waals surface area contributed by atoms with Gasteiger partial charge in [-0.3, -0.25) is 0 Å². The average molecular weight is 215 g/mol. The minimum atomic E-state index is -4.25. The summed E-state index contributed by atoms with van der Waals surface area (Å²) in [5, 5.41) is 0. The van der Waals surface area contributed by atoms with Crippen LogP contribution >= 0.6 is 0 Å². The van der Waals surface area contributed by atoms with Crippen LogP contribution in [0.5, 0.6) is 0 Å². The molecule has 0 N–H and O–H groups in total. The van der Waals surface area contributed by atoms with Crippen LogP contribution in [0.15, 0.2) is 24.3 Å². The normalized spacial score (nSPS) is 18.3. The van der Waals surface area contributed by atoms with E-state index in [1.165, 1.54) is 12.1 Å². The zero-order valence-corrected chi connectivity index (χ0v) is 7.97. The summed E-state index contributed by atoms with van der Waals surface area (Å²) in [7, 11) is 0. The van der Waals surface area contributed by atoms with Gasteiger partial charge < -0.3 is 4.74 Å². The van der Waals surface area contributed by atoms with E-state index >= 15 is 0 Å². The van der Waals surface area contributed by atoms with Crippen molar-refractivity contribution in [3.63, 3.8) is 0 Å². The van der Waals surface area contributed by atoms with Crippen LogP contribution in [0.2, 0.25) is 0 Å². The van der Waals surface area contributed by atoms with Gasteiger partial charge >= 0.3 is 6.18 Å². The molecule has 2 rings (SSSR count). The first kappa shape index (κ1) is 10.5. The van der Waals surface area contributed by atoms with Crippen molar-refractivity contribution in [2.24, 2.45) is 0 Å². The second kappa shape index (κ2) is 3.85. The maximum Gasteiger partial charge on any atom is 0.416 e. The molecule has 0 aromatic heterocycles. The number of halogens is 3. The maximum atomic E-state index is 12.3. The first-order valence-corrected chi connectivity index (χ1v) is 4.67. The molecule has 0 aliphatic carbocycles. The number of rotatable bonds is 1. The SMILES string of the molecule is FC(F)(F)c1ccc([C]2CCOC2)cc1. The first-order chi connectivity index (χ1) is 7.07. The third-order valence-corrected chi connectivity index (χ3v) is 2.44. The molecule has 81 valence electrons. The lowest BCUT2D eigenvalue weighted by atomic mass is 9.97. The van der Waals surface area contributed by atoms with E-state index in [4.69, 9.17) is 4.74 Å². The average Bonchev–Trinajstić information content (AvgIpc) is 2.69. The summed E-state index contributed by atoms with van der Waals surface area (Å²) >= 11 is 0. The Kier molecular flexibility index (Phi) is 2.69. The van der Waals surface area contributed by atoms with Gasteiger partial charge in [-0.1, -0.05) is 12.1 Å². The van der Waals surface area contributed by atoms with Crippen molar-refractivity contribution in [1.82, 2.24) is 0 Å². The van der Waals surface area contributed by atoms with E-state index in [9.17, 15) is 13.2 Å². The zero-order chi connectivity index (χ0) is 10.9. The van der Waals surface area contributed by atoms with Gasteiger partial charge in [0.25, 0.3) is 0 Å². The van der Waals surface area contributed by atoms with E-state index in [2.05, 4.69) is 0 Å². The van der Waals surface area contributed by atoms with Crippen LogP contribution in [-0.2, 0) is 10.9 Å². The Balaban J connectivity index is 2.16. The van der Waals surface area contributed by atoms with Crippen LogP contribution in [0.25, 0.3) is 0 Å². The molecule has 1 heterocycles. The Hall–Kier alpha value is -1.03. The smallest absolute Gasteiger partial charge is 0.380 e. The molecular weight excluding hydrogens is 205 g/mol. The fourth-order valence-electron chi connectivity index (χ4n) is 1.59. The van der Waals surface area contributed by atoms with Crippen molar-refractivity contribution >= 4 is 0 Å². The number of hydrogen-bond donors (Lipinski definition) is 0. The molecule has 1 aromatic rings. The largest absolute Gasteiger partial charge is 0.416 e. The molecule has 0 bridgehead atoms. The van der Waals surface area contributed by atoms with Crippen molar-refractivity contribution in [1.29, 1.82) is 0 Å². The molecule has 15 heavy (non-hydrogen) atoms. The van der Waals surface area contributed by atoms with Crippen LogP contribution in [0.3, 0.4) is 0 Å². The topological polar surface area (TPSA) is 9.23 Å². The lowest BCUT2D eigenvalue weighted by molar-refractivity contribution is -0.137. The lowest BCUT2D eigenvalue weighted by Crippen LogP contribution is -2.05. The molecule has 0 unspecified atom stereocenters. The lowest BCUT2D eigenvalue weighted by Gasteiger charge is -2.10. The molecule has 1 aliphatic heterocycles. The number of alkyl halides is 3. The number of hydrogen-bond acceptors (Lipinski definition) is 1. The number of benzene rings is 1. The van der Waals surface area contributed by atoms with Crippen LogP contribution < -0.4 is 0 Å². The molecule has 1 radical (unpaired) electrons. The van der Waals surface area contributed by atoms with Crippen molar-refractivity contribution in [2.75, 3.05) is 13.2 Å². The quantitative estimate of drug-likeness (QED) is 0.699. The van der Waals surface area contributed by atoms with E-state index < -0.39 is 11.7 Å². The van der Waals surface area contributed by atoms with E-state index in [1.807, 2.05) is 0 Å². The van der Waals surface area contributed by atoms with Crippen LogP contribution in [-0.4, -0.2) is 13.2 Å². The van der Waals surface area contributed by atoms with Gasteiger partial charge in [0.15, 0.2) is 0 Å². The fourth-order valence-corrected chi connectivity index (χ4v) is 1.59. The number of ether oxygens (including phenoxy) is 1. The minimum absolute atomic E-state index is 0.533. The predicted octanol–water partition coefficient (Wildman–Crippen LogP) is 3.05. The van der Waals surface area contributed by atoms with Crippen LogP contribution in [0, 0.1) is 5.92 Å². The third-order valence-electron chi connectivity index (χ3n) is 2.44. The summed E-state index contributed by atoms with van der Waals surface area (Å²) in [5.41, 5.74) is 0.242. The predicted molar refractivity (Wildman–Crippen MR) is 49.2 cm³/mol. The van der Waals surface area contributed by atoms with Gasteiger partial charge in [0.05, 0.1) is 12.2 Å². The Morgan fingerprint density at radius 3 is 2.20 bits per heavy atom. The highest BCUT2D eigenvalue weighted by Crippen LogP contribution is 2.31. The molecule has 1 nitrogen and oxygen atoms in total. The van der Waals surface area contributed by atoms with Crippen molar-refractivity contribution in [3.8, 4) is 0 Å². The first-order valence-electron chi connectivity index (χ1n) is 4.67. The third kappa shape index (κ3) is 2.31. The van der Waals surface area contributed by atoms with E-state index in [1.54, 1.807) is 0 Å².